The molecule has 3 aromatic carbocycles. The van der Waals surface area contributed by atoms with E-state index in [1.165, 1.54) is 17.0 Å². The van der Waals surface area contributed by atoms with Gasteiger partial charge in [0.15, 0.2) is 0 Å². The van der Waals surface area contributed by atoms with Crippen LogP contribution in [0, 0.1) is 19.7 Å². The number of anilines is 1. The van der Waals surface area contributed by atoms with E-state index in [0.717, 1.165) is 21.7 Å². The highest BCUT2D eigenvalue weighted by Crippen LogP contribution is 2.25. The first-order chi connectivity index (χ1) is 18.9. The third kappa shape index (κ3) is 8.39. The molecule has 214 valence electrons. The van der Waals surface area contributed by atoms with Crippen LogP contribution in [0.5, 0.6) is 0 Å². The van der Waals surface area contributed by atoms with Crippen LogP contribution in [-0.4, -0.2) is 50.0 Å². The molecule has 0 radical (unpaired) electrons. The molecule has 0 unspecified atom stereocenters. The Balaban J connectivity index is 2.08. The van der Waals surface area contributed by atoms with Crippen molar-refractivity contribution < 1.29 is 22.4 Å². The predicted molar refractivity (Wildman–Crippen MR) is 157 cm³/mol. The van der Waals surface area contributed by atoms with Crippen molar-refractivity contribution in [2.45, 2.75) is 59.2 Å². The molecule has 9 heteroatoms. The molecule has 0 aromatic heterocycles. The van der Waals surface area contributed by atoms with Crippen molar-refractivity contribution in [2.24, 2.45) is 0 Å². The lowest BCUT2D eigenvalue weighted by Gasteiger charge is -2.34. The normalized spacial score (nSPS) is 12.8. The summed E-state index contributed by atoms with van der Waals surface area (Å²) in [4.78, 5) is 29.2. The number of nitrogens with zero attached hydrogens (tertiary/aromatic N) is 2. The smallest absolute Gasteiger partial charge is 0.244 e. The number of halogens is 1. The van der Waals surface area contributed by atoms with Crippen molar-refractivity contribution in [3.63, 3.8) is 0 Å². The number of aryl methyl sites for hydroxylation is 2. The fourth-order valence-electron chi connectivity index (χ4n) is 4.36. The molecule has 2 amide bonds. The first kappa shape index (κ1) is 30.8. The summed E-state index contributed by atoms with van der Waals surface area (Å²) in [5, 5.41) is 2.99. The maximum absolute atomic E-state index is 14.1. The van der Waals surface area contributed by atoms with Crippen LogP contribution in [0.25, 0.3) is 0 Å². The molecule has 40 heavy (non-hydrogen) atoms. The summed E-state index contributed by atoms with van der Waals surface area (Å²) in [7, 11) is -3.86. The molecule has 0 aliphatic carbocycles. The van der Waals surface area contributed by atoms with Gasteiger partial charge in [-0.1, -0.05) is 61.5 Å². The van der Waals surface area contributed by atoms with Crippen LogP contribution in [0.2, 0.25) is 0 Å². The second-order valence-electron chi connectivity index (χ2n) is 10.2. The van der Waals surface area contributed by atoms with E-state index in [0.29, 0.717) is 23.2 Å². The van der Waals surface area contributed by atoms with Gasteiger partial charge in [0.2, 0.25) is 21.8 Å². The molecule has 3 rings (SSSR count). The average Bonchev–Trinajstić information content (AvgIpc) is 2.91. The van der Waals surface area contributed by atoms with Crippen molar-refractivity contribution in [2.75, 3.05) is 17.1 Å². The standard InChI is InChI=1S/C31H38FN3O4S/c1-6-24(4)33-31(37)29(19-25-10-8-7-9-11-25)34(20-26-14-16-27(32)17-15-26)30(36)21-35(40(5,38)39)28-18-22(2)12-13-23(28)3/h7-18,24,29H,6,19-21H2,1-5H3,(H,33,37)/t24-,29-/m0/s1. The van der Waals surface area contributed by atoms with Crippen molar-refractivity contribution in [3.05, 3.63) is 101 Å². The SMILES string of the molecule is CC[C@H](C)NC(=O)[C@H](Cc1ccccc1)N(Cc1ccc(F)cc1)C(=O)CN(c1cc(C)ccc1C)S(C)(=O)=O. The van der Waals surface area contributed by atoms with E-state index in [4.69, 9.17) is 0 Å². The number of carbonyl (C=O) groups is 2. The lowest BCUT2D eigenvalue weighted by atomic mass is 10.0. The number of benzene rings is 3. The lowest BCUT2D eigenvalue weighted by molar-refractivity contribution is -0.140. The van der Waals surface area contributed by atoms with Gasteiger partial charge in [-0.2, -0.15) is 0 Å². The number of rotatable bonds is 12. The molecule has 0 heterocycles. The van der Waals surface area contributed by atoms with E-state index >= 15 is 0 Å². The highest BCUT2D eigenvalue weighted by molar-refractivity contribution is 7.92. The quantitative estimate of drug-likeness (QED) is 0.342. The zero-order valence-corrected chi connectivity index (χ0v) is 24.5. The Labute approximate surface area is 237 Å². The number of amides is 2. The Morgan fingerprint density at radius 2 is 1.60 bits per heavy atom. The van der Waals surface area contributed by atoms with Crippen LogP contribution in [-0.2, 0) is 32.6 Å². The number of hydrogen-bond acceptors (Lipinski definition) is 4. The van der Waals surface area contributed by atoms with Crippen molar-refractivity contribution in [1.29, 1.82) is 0 Å². The molecular weight excluding hydrogens is 529 g/mol. The molecule has 0 fully saturated rings. The monoisotopic (exact) mass is 567 g/mol. The molecule has 0 aliphatic heterocycles. The second-order valence-corrected chi connectivity index (χ2v) is 12.1. The number of carbonyl (C=O) groups excluding carboxylic acids is 2. The highest BCUT2D eigenvalue weighted by atomic mass is 32.2. The molecule has 2 atom stereocenters. The molecule has 0 saturated heterocycles. The zero-order chi connectivity index (χ0) is 29.4. The molecule has 3 aromatic rings. The van der Waals surface area contributed by atoms with Gasteiger partial charge in [0, 0.05) is 19.0 Å². The summed E-state index contributed by atoms with van der Waals surface area (Å²) in [6.07, 6.45) is 1.98. The maximum atomic E-state index is 14.1. The Bertz CT molecular complexity index is 1410. The minimum Gasteiger partial charge on any atom is -0.352 e. The van der Waals surface area contributed by atoms with E-state index in [1.807, 2.05) is 57.2 Å². The predicted octanol–water partition coefficient (Wildman–Crippen LogP) is 4.76. The summed E-state index contributed by atoms with van der Waals surface area (Å²) >= 11 is 0. The van der Waals surface area contributed by atoms with Gasteiger partial charge >= 0.3 is 0 Å². The van der Waals surface area contributed by atoms with E-state index in [2.05, 4.69) is 5.32 Å². The fraction of sp³-hybridized carbons (Fsp3) is 0.355. The number of sulfonamides is 1. The zero-order valence-electron chi connectivity index (χ0n) is 23.7. The topological polar surface area (TPSA) is 86.8 Å². The minimum absolute atomic E-state index is 0.00502. The van der Waals surface area contributed by atoms with Gasteiger partial charge in [-0.05, 0) is 67.6 Å². The molecular formula is C31H38FN3O4S. The van der Waals surface area contributed by atoms with Crippen LogP contribution in [0.1, 0.15) is 42.5 Å². The van der Waals surface area contributed by atoms with Gasteiger partial charge in [0.05, 0.1) is 11.9 Å². The van der Waals surface area contributed by atoms with Crippen molar-refractivity contribution in [3.8, 4) is 0 Å². The molecule has 0 aliphatic rings. The third-order valence-electron chi connectivity index (χ3n) is 6.85. The molecule has 0 spiro atoms. The van der Waals surface area contributed by atoms with E-state index in [-0.39, 0.29) is 24.9 Å². The largest absolute Gasteiger partial charge is 0.352 e. The maximum Gasteiger partial charge on any atom is 0.244 e. The van der Waals surface area contributed by atoms with E-state index < -0.39 is 34.3 Å². The van der Waals surface area contributed by atoms with Crippen molar-refractivity contribution in [1.82, 2.24) is 10.2 Å². The third-order valence-corrected chi connectivity index (χ3v) is 7.98. The highest BCUT2D eigenvalue weighted by Gasteiger charge is 2.33. The van der Waals surface area contributed by atoms with Gasteiger partial charge in [-0.3, -0.25) is 13.9 Å². The fourth-order valence-corrected chi connectivity index (χ4v) is 5.26. The lowest BCUT2D eigenvalue weighted by Crippen LogP contribution is -2.54. The summed E-state index contributed by atoms with van der Waals surface area (Å²) in [6, 6.07) is 19.4. The molecule has 0 saturated carbocycles. The van der Waals surface area contributed by atoms with Crippen LogP contribution in [0.3, 0.4) is 0 Å². The Morgan fingerprint density at radius 1 is 0.950 bits per heavy atom. The Morgan fingerprint density at radius 3 is 2.20 bits per heavy atom. The van der Waals surface area contributed by atoms with Crippen molar-refractivity contribution >= 4 is 27.5 Å². The summed E-state index contributed by atoms with van der Waals surface area (Å²) in [5.74, 6) is -1.31. The summed E-state index contributed by atoms with van der Waals surface area (Å²) < 4.78 is 40.7. The molecule has 0 bridgehead atoms. The van der Waals surface area contributed by atoms with Gasteiger partial charge in [-0.25, -0.2) is 12.8 Å². The molecule has 1 N–H and O–H groups in total. The second kappa shape index (κ2) is 13.6. The van der Waals surface area contributed by atoms with E-state index in [9.17, 15) is 22.4 Å². The first-order valence-corrected chi connectivity index (χ1v) is 15.2. The summed E-state index contributed by atoms with van der Waals surface area (Å²) in [6.45, 7) is 6.97. The van der Waals surface area contributed by atoms with Crippen LogP contribution in [0.4, 0.5) is 10.1 Å². The van der Waals surface area contributed by atoms with Gasteiger partial charge in [0.1, 0.15) is 18.4 Å². The van der Waals surface area contributed by atoms with Crippen LogP contribution >= 0.6 is 0 Å². The summed E-state index contributed by atoms with van der Waals surface area (Å²) in [5.41, 5.74) is 3.41. The van der Waals surface area contributed by atoms with Gasteiger partial charge in [-0.15, -0.1) is 0 Å². The van der Waals surface area contributed by atoms with E-state index in [1.54, 1.807) is 31.2 Å². The van der Waals surface area contributed by atoms with Crippen LogP contribution < -0.4 is 9.62 Å². The minimum atomic E-state index is -3.86. The molecule has 7 nitrogen and oxygen atoms in total. The Kier molecular flexibility index (Phi) is 10.5. The number of nitrogens with one attached hydrogen (secondary N) is 1. The average molecular weight is 568 g/mol. The first-order valence-electron chi connectivity index (χ1n) is 13.3. The van der Waals surface area contributed by atoms with Gasteiger partial charge < -0.3 is 10.2 Å². The van der Waals surface area contributed by atoms with Crippen LogP contribution in [0.15, 0.2) is 72.8 Å². The Hall–Kier alpha value is -3.72. The number of hydrogen-bond donors (Lipinski definition) is 1. The van der Waals surface area contributed by atoms with Gasteiger partial charge in [0.25, 0.3) is 0 Å².